The first kappa shape index (κ1) is 21.1. The molecule has 0 aromatic heterocycles. The Hall–Kier alpha value is -1.64. The van der Waals surface area contributed by atoms with Crippen molar-refractivity contribution in [1.82, 2.24) is 4.90 Å². The molecule has 0 radical (unpaired) electrons. The summed E-state index contributed by atoms with van der Waals surface area (Å²) in [7, 11) is -3.82. The van der Waals surface area contributed by atoms with Crippen molar-refractivity contribution in [3.05, 3.63) is 29.8 Å². The third-order valence-corrected chi connectivity index (χ3v) is 6.50. The molecule has 1 saturated heterocycles. The molecule has 7 nitrogen and oxygen atoms in total. The first-order chi connectivity index (χ1) is 13.0. The van der Waals surface area contributed by atoms with Gasteiger partial charge in [-0.05, 0) is 52.7 Å². The molecule has 1 atom stereocenters. The molecule has 1 aromatic rings. The van der Waals surface area contributed by atoms with E-state index in [4.69, 9.17) is 13.7 Å². The summed E-state index contributed by atoms with van der Waals surface area (Å²) in [6, 6.07) is 6.48. The molecule has 2 aliphatic rings. The van der Waals surface area contributed by atoms with E-state index in [2.05, 4.69) is 0 Å². The Bertz CT molecular complexity index is 808. The van der Waals surface area contributed by atoms with Crippen molar-refractivity contribution < 1.29 is 26.9 Å². The Morgan fingerprint density at radius 1 is 1.18 bits per heavy atom. The highest BCUT2D eigenvalue weighted by atomic mass is 32.2. The van der Waals surface area contributed by atoms with Gasteiger partial charge in [-0.1, -0.05) is 24.1 Å². The molecule has 1 heterocycles. The molecule has 0 N–H and O–H groups in total. The Morgan fingerprint density at radius 2 is 1.82 bits per heavy atom. The molecule has 2 fully saturated rings. The molecule has 1 saturated carbocycles. The maximum Gasteiger partial charge on any atom is 0.412 e. The molecular formula is C20H29NO6S. The van der Waals surface area contributed by atoms with Gasteiger partial charge in [0.1, 0.15) is 11.8 Å². The molecule has 1 amide bonds. The Labute approximate surface area is 167 Å². The summed E-state index contributed by atoms with van der Waals surface area (Å²) >= 11 is 0. The minimum Gasteiger partial charge on any atom is -0.444 e. The van der Waals surface area contributed by atoms with Crippen LogP contribution in [0, 0.1) is 12.3 Å². The average Bonchev–Trinajstić information content (AvgIpc) is 2.51. The third-order valence-electron chi connectivity index (χ3n) is 5.18. The molecule has 8 heteroatoms. The predicted octanol–water partition coefficient (Wildman–Crippen LogP) is 3.46. The van der Waals surface area contributed by atoms with Crippen LogP contribution >= 0.6 is 0 Å². The standard InChI is InChI=1S/C20H29NO6S/c1-15-6-8-16(9-7-15)28(23,24)26-13-12-25-17-20(10-5-11-20)14-21(17)18(22)27-19(2,3)4/h6-9,17H,5,10-14H2,1-4H3. The van der Waals surface area contributed by atoms with Gasteiger partial charge < -0.3 is 9.47 Å². The zero-order valence-electron chi connectivity index (χ0n) is 16.9. The first-order valence-electron chi connectivity index (χ1n) is 9.60. The molecule has 28 heavy (non-hydrogen) atoms. The van der Waals surface area contributed by atoms with Crippen molar-refractivity contribution in [3.8, 4) is 0 Å². The minimum absolute atomic E-state index is 0.0211. The number of hydrogen-bond donors (Lipinski definition) is 0. The van der Waals surface area contributed by atoms with Crippen LogP contribution in [0.4, 0.5) is 4.79 Å². The van der Waals surface area contributed by atoms with Crippen LogP contribution in [0.1, 0.15) is 45.6 Å². The van der Waals surface area contributed by atoms with Crippen molar-refractivity contribution in [2.75, 3.05) is 19.8 Å². The van der Waals surface area contributed by atoms with E-state index in [1.165, 1.54) is 12.1 Å². The minimum atomic E-state index is -3.82. The molecule has 1 aliphatic carbocycles. The topological polar surface area (TPSA) is 82.1 Å². The number of rotatable bonds is 6. The SMILES string of the molecule is Cc1ccc(S(=O)(=O)OCCOC2N(C(=O)OC(C)(C)C)CC23CCC3)cc1. The maximum absolute atomic E-state index is 12.4. The van der Waals surface area contributed by atoms with Gasteiger partial charge in [-0.3, -0.25) is 9.08 Å². The maximum atomic E-state index is 12.4. The van der Waals surface area contributed by atoms with Crippen molar-refractivity contribution in [2.45, 2.75) is 63.7 Å². The molecular weight excluding hydrogens is 382 g/mol. The Kier molecular flexibility index (Phi) is 5.76. The van der Waals surface area contributed by atoms with Crippen molar-refractivity contribution >= 4 is 16.2 Å². The summed E-state index contributed by atoms with van der Waals surface area (Å²) in [6.45, 7) is 7.95. The van der Waals surface area contributed by atoms with Crippen molar-refractivity contribution in [2.24, 2.45) is 5.41 Å². The van der Waals surface area contributed by atoms with Gasteiger partial charge in [0, 0.05) is 12.0 Å². The molecule has 3 rings (SSSR count). The molecule has 1 aliphatic heterocycles. The van der Waals surface area contributed by atoms with Gasteiger partial charge >= 0.3 is 6.09 Å². The number of aryl methyl sites for hydroxylation is 1. The Balaban J connectivity index is 1.53. The first-order valence-corrected chi connectivity index (χ1v) is 11.0. The van der Waals surface area contributed by atoms with Crippen LogP contribution in [0.25, 0.3) is 0 Å². The smallest absolute Gasteiger partial charge is 0.412 e. The van der Waals surface area contributed by atoms with E-state index in [9.17, 15) is 13.2 Å². The molecule has 1 aromatic carbocycles. The largest absolute Gasteiger partial charge is 0.444 e. The van der Waals surface area contributed by atoms with E-state index in [-0.39, 0.29) is 29.8 Å². The van der Waals surface area contributed by atoms with Gasteiger partial charge in [-0.15, -0.1) is 0 Å². The van der Waals surface area contributed by atoms with Crippen LogP contribution < -0.4 is 0 Å². The molecule has 1 unspecified atom stereocenters. The monoisotopic (exact) mass is 411 g/mol. The number of likely N-dealkylation sites (tertiary alicyclic amines) is 1. The van der Waals surface area contributed by atoms with Gasteiger partial charge in [0.2, 0.25) is 0 Å². The fraction of sp³-hybridized carbons (Fsp3) is 0.650. The van der Waals surface area contributed by atoms with Crippen molar-refractivity contribution in [3.63, 3.8) is 0 Å². The number of ether oxygens (including phenoxy) is 2. The summed E-state index contributed by atoms with van der Waals surface area (Å²) in [5.41, 5.74) is 0.377. The second-order valence-corrected chi connectivity index (χ2v) is 10.3. The summed E-state index contributed by atoms with van der Waals surface area (Å²) in [6.07, 6.45) is 2.32. The number of amides is 1. The molecule has 0 bridgehead atoms. The summed E-state index contributed by atoms with van der Waals surface area (Å²) in [5, 5.41) is 0. The number of carbonyl (C=O) groups is 1. The third kappa shape index (κ3) is 4.50. The summed E-state index contributed by atoms with van der Waals surface area (Å²) in [4.78, 5) is 14.1. The number of benzene rings is 1. The van der Waals surface area contributed by atoms with Crippen LogP contribution in [0.3, 0.4) is 0 Å². The number of carbonyl (C=O) groups excluding carboxylic acids is 1. The second-order valence-electron chi connectivity index (χ2n) is 8.64. The van der Waals surface area contributed by atoms with E-state index in [1.807, 2.05) is 27.7 Å². The highest BCUT2D eigenvalue weighted by Gasteiger charge is 2.59. The number of nitrogens with zero attached hydrogens (tertiary/aromatic N) is 1. The van der Waals surface area contributed by atoms with Gasteiger partial charge in [-0.2, -0.15) is 8.42 Å². The van der Waals surface area contributed by atoms with E-state index < -0.39 is 21.8 Å². The highest BCUT2D eigenvalue weighted by Crippen LogP contribution is 2.53. The van der Waals surface area contributed by atoms with Crippen LogP contribution in [-0.2, 0) is 23.8 Å². The zero-order chi connectivity index (χ0) is 20.6. The van der Waals surface area contributed by atoms with Crippen LogP contribution in [-0.4, -0.2) is 51.0 Å². The van der Waals surface area contributed by atoms with Crippen LogP contribution in [0.15, 0.2) is 29.2 Å². The lowest BCUT2D eigenvalue weighted by Gasteiger charge is -2.60. The van der Waals surface area contributed by atoms with E-state index >= 15 is 0 Å². The lowest BCUT2D eigenvalue weighted by Crippen LogP contribution is -2.70. The van der Waals surface area contributed by atoms with E-state index in [0.717, 1.165) is 24.8 Å². The van der Waals surface area contributed by atoms with Gasteiger partial charge in [0.25, 0.3) is 10.1 Å². The fourth-order valence-electron chi connectivity index (χ4n) is 3.58. The molecule has 1 spiro atoms. The van der Waals surface area contributed by atoms with Crippen LogP contribution in [0.2, 0.25) is 0 Å². The lowest BCUT2D eigenvalue weighted by atomic mass is 9.62. The van der Waals surface area contributed by atoms with Gasteiger partial charge in [0.05, 0.1) is 18.1 Å². The van der Waals surface area contributed by atoms with Crippen LogP contribution in [0.5, 0.6) is 0 Å². The highest BCUT2D eigenvalue weighted by molar-refractivity contribution is 7.86. The summed E-state index contributed by atoms with van der Waals surface area (Å²) in [5.74, 6) is 0. The Morgan fingerprint density at radius 3 is 2.36 bits per heavy atom. The number of hydrogen-bond acceptors (Lipinski definition) is 6. The van der Waals surface area contributed by atoms with Gasteiger partial charge in [0.15, 0.2) is 0 Å². The quantitative estimate of drug-likeness (QED) is 0.527. The normalized spacial score (nSPS) is 21.1. The zero-order valence-corrected chi connectivity index (χ0v) is 17.8. The molecule has 156 valence electrons. The van der Waals surface area contributed by atoms with E-state index in [0.29, 0.717) is 6.54 Å². The summed E-state index contributed by atoms with van der Waals surface area (Å²) < 4.78 is 40.9. The lowest BCUT2D eigenvalue weighted by molar-refractivity contribution is -0.239. The van der Waals surface area contributed by atoms with E-state index in [1.54, 1.807) is 17.0 Å². The average molecular weight is 412 g/mol. The van der Waals surface area contributed by atoms with Gasteiger partial charge in [-0.25, -0.2) is 4.79 Å². The predicted molar refractivity (Wildman–Crippen MR) is 103 cm³/mol. The fourth-order valence-corrected chi connectivity index (χ4v) is 4.47. The van der Waals surface area contributed by atoms with Crippen molar-refractivity contribution in [1.29, 1.82) is 0 Å². The second kappa shape index (κ2) is 7.65.